The molecule has 0 spiro atoms. The summed E-state index contributed by atoms with van der Waals surface area (Å²) in [5.74, 6) is 3.35. The van der Waals surface area contributed by atoms with E-state index in [4.69, 9.17) is 28.7 Å². The lowest BCUT2D eigenvalue weighted by Gasteiger charge is -2.20. The lowest BCUT2D eigenvalue weighted by Crippen LogP contribution is -2.04. The normalized spacial score (nSPS) is 11.6. The molecular weight excluding hydrogens is 935 g/mol. The molecule has 0 aliphatic heterocycles. The van der Waals surface area contributed by atoms with Crippen molar-refractivity contribution >= 4 is 32.3 Å². The predicted molar refractivity (Wildman–Crippen MR) is 326 cm³/mol. The third-order valence-corrected chi connectivity index (χ3v) is 15.3. The lowest BCUT2D eigenvalue weighted by atomic mass is 9.91. The molecular formula is C70H101NO5. The first kappa shape index (κ1) is 60.4. The molecule has 0 N–H and O–H groups in total. The summed E-state index contributed by atoms with van der Waals surface area (Å²) in [6.07, 6.45) is 38.9. The second-order valence-electron chi connectivity index (χ2n) is 21.9. The Balaban J connectivity index is 1.35. The van der Waals surface area contributed by atoms with E-state index in [1.165, 1.54) is 188 Å². The third-order valence-electron chi connectivity index (χ3n) is 15.3. The fraction of sp³-hybridized carbons (Fsp3) is 0.586. The Morgan fingerprint density at radius 3 is 1.00 bits per heavy atom. The molecule has 0 amide bonds. The maximum absolute atomic E-state index is 6.79. The first-order valence-corrected chi connectivity index (χ1v) is 31.2. The van der Waals surface area contributed by atoms with Gasteiger partial charge in [-0.05, 0) is 118 Å². The Morgan fingerprint density at radius 1 is 0.289 bits per heavy atom. The Hall–Kier alpha value is -4.81. The smallest absolute Gasteiger partial charge is 0.161 e. The van der Waals surface area contributed by atoms with Crippen molar-refractivity contribution < 1.29 is 23.7 Å². The molecule has 0 saturated heterocycles. The molecule has 5 aromatic carbocycles. The second kappa shape index (κ2) is 36.3. The van der Waals surface area contributed by atoms with E-state index in [0.717, 1.165) is 94.7 Å². The largest absolute Gasteiger partial charge is 0.490 e. The molecule has 0 atom stereocenters. The molecule has 416 valence electrons. The first-order valence-electron chi connectivity index (χ1n) is 31.2. The number of aromatic nitrogens is 1. The van der Waals surface area contributed by atoms with Crippen LogP contribution in [0.25, 0.3) is 54.7 Å². The Morgan fingerprint density at radius 2 is 0.618 bits per heavy atom. The summed E-state index contributed by atoms with van der Waals surface area (Å²) in [5, 5.41) is 7.01. The van der Waals surface area contributed by atoms with Crippen molar-refractivity contribution in [3.05, 3.63) is 90.6 Å². The maximum atomic E-state index is 6.79. The van der Waals surface area contributed by atoms with Crippen LogP contribution in [-0.4, -0.2) is 38.0 Å². The van der Waals surface area contributed by atoms with Crippen LogP contribution in [0.5, 0.6) is 23.0 Å². The van der Waals surface area contributed by atoms with E-state index in [1.54, 1.807) is 0 Å². The van der Waals surface area contributed by atoms with Gasteiger partial charge >= 0.3 is 0 Å². The van der Waals surface area contributed by atoms with Crippen LogP contribution in [0.4, 0.5) is 0 Å². The highest BCUT2D eigenvalue weighted by Gasteiger charge is 2.19. The molecule has 6 rings (SSSR count). The highest BCUT2D eigenvalue weighted by atomic mass is 16.5. The van der Waals surface area contributed by atoms with Crippen LogP contribution >= 0.6 is 0 Å². The van der Waals surface area contributed by atoms with E-state index in [2.05, 4.69) is 113 Å². The quantitative estimate of drug-likeness (QED) is 0.0281. The zero-order valence-corrected chi connectivity index (χ0v) is 48.5. The number of unbranched alkanes of at least 4 members (excludes halogenated alkanes) is 25. The Labute approximate surface area is 461 Å². The minimum atomic E-state index is 0.606. The number of ether oxygens (including phenoxy) is 5. The molecule has 6 aromatic rings. The van der Waals surface area contributed by atoms with Crippen LogP contribution < -0.4 is 18.9 Å². The summed E-state index contributed by atoms with van der Waals surface area (Å²) in [6.45, 7) is 15.5. The van der Waals surface area contributed by atoms with Gasteiger partial charge in [0.1, 0.15) is 0 Å². The molecule has 0 bridgehead atoms. The molecule has 0 saturated carbocycles. The van der Waals surface area contributed by atoms with Crippen LogP contribution in [0.2, 0.25) is 0 Å². The van der Waals surface area contributed by atoms with E-state index in [9.17, 15) is 0 Å². The van der Waals surface area contributed by atoms with E-state index < -0.39 is 0 Å². The van der Waals surface area contributed by atoms with Gasteiger partial charge in [-0.15, -0.1) is 0 Å². The molecule has 0 radical (unpaired) electrons. The molecule has 1 aromatic heterocycles. The monoisotopic (exact) mass is 1040 g/mol. The van der Waals surface area contributed by atoms with Gasteiger partial charge in [-0.1, -0.05) is 238 Å². The van der Waals surface area contributed by atoms with Gasteiger partial charge in [0.15, 0.2) is 23.0 Å². The maximum Gasteiger partial charge on any atom is 0.161 e. The van der Waals surface area contributed by atoms with Crippen LogP contribution in [0.3, 0.4) is 0 Å². The van der Waals surface area contributed by atoms with Crippen molar-refractivity contribution in [2.24, 2.45) is 0 Å². The summed E-state index contributed by atoms with van der Waals surface area (Å²) < 4.78 is 33.1. The van der Waals surface area contributed by atoms with E-state index in [1.807, 2.05) is 6.20 Å². The average molecular weight is 1040 g/mol. The van der Waals surface area contributed by atoms with Gasteiger partial charge in [0, 0.05) is 18.4 Å². The van der Waals surface area contributed by atoms with Crippen molar-refractivity contribution in [1.29, 1.82) is 0 Å². The molecule has 0 aliphatic rings. The summed E-state index contributed by atoms with van der Waals surface area (Å²) in [4.78, 5) is 4.87. The molecule has 0 unspecified atom stereocenters. The number of pyridine rings is 1. The Kier molecular flexibility index (Phi) is 28.9. The van der Waals surface area contributed by atoms with E-state index >= 15 is 0 Å². The van der Waals surface area contributed by atoms with Crippen molar-refractivity contribution in [3.8, 4) is 45.4 Å². The van der Waals surface area contributed by atoms with Gasteiger partial charge in [-0.25, -0.2) is 0 Å². The summed E-state index contributed by atoms with van der Waals surface area (Å²) in [7, 11) is 0. The van der Waals surface area contributed by atoms with Gasteiger partial charge in [-0.2, -0.15) is 0 Å². The van der Waals surface area contributed by atoms with Crippen molar-refractivity contribution in [3.63, 3.8) is 0 Å². The van der Waals surface area contributed by atoms with Gasteiger partial charge in [-0.3, -0.25) is 4.98 Å². The average Bonchev–Trinajstić information content (AvgIpc) is 3.46. The number of hydrogen-bond acceptors (Lipinski definition) is 6. The molecule has 1 heterocycles. The van der Waals surface area contributed by atoms with E-state index in [0.29, 0.717) is 33.0 Å². The van der Waals surface area contributed by atoms with E-state index in [-0.39, 0.29) is 0 Å². The summed E-state index contributed by atoms with van der Waals surface area (Å²) in [5.41, 5.74) is 5.52. The van der Waals surface area contributed by atoms with Crippen molar-refractivity contribution in [1.82, 2.24) is 4.98 Å². The van der Waals surface area contributed by atoms with Crippen LogP contribution in [-0.2, 0) is 11.3 Å². The highest BCUT2D eigenvalue weighted by molar-refractivity contribution is 6.26. The van der Waals surface area contributed by atoms with Gasteiger partial charge in [0.05, 0.1) is 38.7 Å². The number of nitrogens with zero attached hydrogens (tertiary/aromatic N) is 1. The van der Waals surface area contributed by atoms with Crippen LogP contribution in [0.1, 0.15) is 233 Å². The minimum Gasteiger partial charge on any atom is -0.490 e. The molecule has 0 fully saturated rings. The Bertz CT molecular complexity index is 2500. The molecule has 6 nitrogen and oxygen atoms in total. The number of hydrogen-bond donors (Lipinski definition) is 0. The second-order valence-corrected chi connectivity index (χ2v) is 21.9. The zero-order valence-electron chi connectivity index (χ0n) is 48.5. The number of fused-ring (bicyclic) bond motifs is 6. The van der Waals surface area contributed by atoms with Crippen molar-refractivity contribution in [2.45, 2.75) is 234 Å². The summed E-state index contributed by atoms with van der Waals surface area (Å²) in [6, 6.07) is 29.3. The van der Waals surface area contributed by atoms with Gasteiger partial charge < -0.3 is 23.7 Å². The zero-order chi connectivity index (χ0) is 53.3. The predicted octanol–water partition coefficient (Wildman–Crippen LogP) is 21.7. The van der Waals surface area contributed by atoms with Crippen molar-refractivity contribution in [2.75, 3.05) is 33.0 Å². The summed E-state index contributed by atoms with van der Waals surface area (Å²) >= 11 is 0. The first-order chi connectivity index (χ1) is 37.6. The molecule has 76 heavy (non-hydrogen) atoms. The highest BCUT2D eigenvalue weighted by Crippen LogP contribution is 2.46. The number of rotatable bonds is 43. The van der Waals surface area contributed by atoms with Crippen LogP contribution in [0, 0.1) is 0 Å². The van der Waals surface area contributed by atoms with Gasteiger partial charge in [0.2, 0.25) is 0 Å². The number of benzene rings is 5. The topological polar surface area (TPSA) is 59.0 Å². The fourth-order valence-corrected chi connectivity index (χ4v) is 10.6. The molecule has 6 heteroatoms. The standard InChI is InChI=1S/C70H101NO5/c1-6-11-16-21-26-31-44-72-55-56-36-43-66(71-54-56)58-39-37-57(38-40-58)59-41-42-60-61(49-59)63-51-68(74-46-33-28-23-18-13-8-3)70(76-48-35-30-25-20-15-10-5)53-65(63)64-52-69(75-47-34-29-24-19-14-9-4)67(50-62(60)64)73-45-32-27-22-17-12-7-2/h36-43,49-54H,6-35,44-48,55H2,1-5H3. The van der Waals surface area contributed by atoms with Gasteiger partial charge in [0.25, 0.3) is 0 Å². The minimum absolute atomic E-state index is 0.606. The molecule has 0 aliphatic carbocycles. The third kappa shape index (κ3) is 20.2. The van der Waals surface area contributed by atoms with Crippen LogP contribution in [0.15, 0.2) is 85.1 Å². The fourth-order valence-electron chi connectivity index (χ4n) is 10.6. The lowest BCUT2D eigenvalue weighted by molar-refractivity contribution is 0.116. The SMILES string of the molecule is CCCCCCCCOCc1ccc(-c2ccc(-c3ccc4c(c3)c3cc(OCCCCCCCC)c(OCCCCCCCC)cc3c3cc(OCCCCCCCC)c(OCCCCCCCC)cc43)cc2)nc1.